The lowest BCUT2D eigenvalue weighted by molar-refractivity contribution is -0.125. The number of thioether (sulfide) groups is 1. The Labute approximate surface area is 189 Å². The smallest absolute Gasteiger partial charge is 0.262 e. The van der Waals surface area contributed by atoms with Crippen LogP contribution in [-0.4, -0.2) is 33.0 Å². The van der Waals surface area contributed by atoms with Crippen molar-refractivity contribution in [3.05, 3.63) is 82.1 Å². The van der Waals surface area contributed by atoms with E-state index in [2.05, 4.69) is 16.9 Å². The first-order chi connectivity index (χ1) is 14.9. The number of hydrogen-bond acceptors (Lipinski definition) is 5. The number of halogens is 1. The molecule has 3 rings (SSSR count). The molecule has 1 aromatic heterocycles. The van der Waals surface area contributed by atoms with Gasteiger partial charge in [0.15, 0.2) is 10.9 Å². The van der Waals surface area contributed by atoms with E-state index in [4.69, 9.17) is 11.6 Å². The van der Waals surface area contributed by atoms with E-state index in [1.165, 1.54) is 11.5 Å². The summed E-state index contributed by atoms with van der Waals surface area (Å²) in [5.41, 5.74) is 1.20. The lowest BCUT2D eigenvalue weighted by atomic mass is 10.0. The molecule has 1 atom stereocenters. The predicted octanol–water partition coefficient (Wildman–Crippen LogP) is 3.64. The highest BCUT2D eigenvalue weighted by Gasteiger charge is 2.19. The number of nitrogens with zero attached hydrogens (tertiary/aromatic N) is 2. The zero-order valence-corrected chi connectivity index (χ0v) is 18.6. The fraction of sp³-hybridized carbons (Fsp3) is 0.217. The molecule has 0 radical (unpaired) electrons. The van der Waals surface area contributed by atoms with Crippen LogP contribution in [0.3, 0.4) is 0 Å². The van der Waals surface area contributed by atoms with Crippen molar-refractivity contribution in [3.63, 3.8) is 0 Å². The predicted molar refractivity (Wildman–Crippen MR) is 125 cm³/mol. The average molecular weight is 456 g/mol. The molecule has 0 bridgehead atoms. The third-order valence-corrected chi connectivity index (χ3v) is 5.85. The zero-order chi connectivity index (χ0) is 22.4. The fourth-order valence-electron chi connectivity index (χ4n) is 3.09. The number of nitrogens with one attached hydrogen (secondary N) is 1. The van der Waals surface area contributed by atoms with Gasteiger partial charge in [0.05, 0.1) is 22.7 Å². The minimum Gasteiger partial charge on any atom is -0.345 e. The van der Waals surface area contributed by atoms with E-state index in [1.807, 2.05) is 30.3 Å². The summed E-state index contributed by atoms with van der Waals surface area (Å²) in [6.07, 6.45) is 2.01. The third-order valence-electron chi connectivity index (χ3n) is 4.63. The summed E-state index contributed by atoms with van der Waals surface area (Å²) in [4.78, 5) is 41.9. The van der Waals surface area contributed by atoms with Crippen LogP contribution in [0.15, 0.2) is 71.1 Å². The van der Waals surface area contributed by atoms with Crippen molar-refractivity contribution in [1.29, 1.82) is 0 Å². The highest BCUT2D eigenvalue weighted by atomic mass is 35.5. The van der Waals surface area contributed by atoms with E-state index in [9.17, 15) is 14.4 Å². The Morgan fingerprint density at radius 3 is 2.68 bits per heavy atom. The maximum absolute atomic E-state index is 12.8. The van der Waals surface area contributed by atoms with Crippen molar-refractivity contribution < 1.29 is 9.59 Å². The Hall–Kier alpha value is -2.90. The van der Waals surface area contributed by atoms with Gasteiger partial charge in [0.1, 0.15) is 0 Å². The molecule has 0 aliphatic carbocycles. The van der Waals surface area contributed by atoms with Gasteiger partial charge in [0, 0.05) is 11.6 Å². The molecule has 0 saturated carbocycles. The monoisotopic (exact) mass is 455 g/mol. The van der Waals surface area contributed by atoms with Crippen LogP contribution in [0.1, 0.15) is 12.5 Å². The van der Waals surface area contributed by atoms with E-state index in [-0.39, 0.29) is 29.5 Å². The summed E-state index contributed by atoms with van der Waals surface area (Å²) in [5.74, 6) is -0.426. The third kappa shape index (κ3) is 5.83. The second kappa shape index (κ2) is 10.4. The Bertz CT molecular complexity index is 1180. The van der Waals surface area contributed by atoms with Crippen LogP contribution < -0.4 is 10.9 Å². The van der Waals surface area contributed by atoms with Crippen LogP contribution in [0.5, 0.6) is 0 Å². The minimum atomic E-state index is -0.616. The normalized spacial score (nSPS) is 11.8. The van der Waals surface area contributed by atoms with E-state index < -0.39 is 6.04 Å². The SMILES string of the molecule is C=CCn1c(SCC(=O)NC(Cc2ccccc2)C(C)=O)nc2cc(Cl)ccc2c1=O. The molecule has 8 heteroatoms. The van der Waals surface area contributed by atoms with Crippen molar-refractivity contribution in [3.8, 4) is 0 Å². The van der Waals surface area contributed by atoms with Crippen LogP contribution in [0.25, 0.3) is 10.9 Å². The number of aromatic nitrogens is 2. The summed E-state index contributed by atoms with van der Waals surface area (Å²) < 4.78 is 1.47. The Kier molecular flexibility index (Phi) is 7.65. The fourth-order valence-corrected chi connectivity index (χ4v) is 4.07. The summed E-state index contributed by atoms with van der Waals surface area (Å²) in [6, 6.07) is 13.8. The average Bonchev–Trinajstić information content (AvgIpc) is 2.74. The summed E-state index contributed by atoms with van der Waals surface area (Å²) >= 11 is 7.16. The van der Waals surface area contributed by atoms with Crippen molar-refractivity contribution >= 4 is 46.0 Å². The van der Waals surface area contributed by atoms with Gasteiger partial charge >= 0.3 is 0 Å². The molecule has 160 valence electrons. The first kappa shape index (κ1) is 22.8. The summed E-state index contributed by atoms with van der Waals surface area (Å²) in [5, 5.41) is 4.08. The van der Waals surface area contributed by atoms with Gasteiger partial charge in [-0.1, -0.05) is 59.8 Å². The van der Waals surface area contributed by atoms with E-state index in [0.717, 1.165) is 17.3 Å². The number of fused-ring (bicyclic) bond motifs is 1. The zero-order valence-electron chi connectivity index (χ0n) is 17.0. The largest absolute Gasteiger partial charge is 0.345 e. The number of carbonyl (C=O) groups is 2. The molecular weight excluding hydrogens is 434 g/mol. The molecule has 0 fully saturated rings. The molecule has 0 saturated heterocycles. The number of ketones is 1. The van der Waals surface area contributed by atoms with Gasteiger partial charge in [-0.2, -0.15) is 0 Å². The van der Waals surface area contributed by atoms with Gasteiger partial charge in [-0.05, 0) is 37.1 Å². The van der Waals surface area contributed by atoms with E-state index >= 15 is 0 Å². The molecule has 1 amide bonds. The number of amides is 1. The van der Waals surface area contributed by atoms with Gasteiger partial charge in [0.2, 0.25) is 5.91 Å². The van der Waals surface area contributed by atoms with Gasteiger partial charge in [-0.15, -0.1) is 6.58 Å². The molecule has 0 aliphatic rings. The van der Waals surface area contributed by atoms with Crippen molar-refractivity contribution in [2.45, 2.75) is 31.1 Å². The topological polar surface area (TPSA) is 81.1 Å². The number of allylic oxidation sites excluding steroid dienone is 1. The van der Waals surface area contributed by atoms with Crippen LogP contribution in [0.2, 0.25) is 5.02 Å². The number of rotatable bonds is 9. The van der Waals surface area contributed by atoms with Crippen LogP contribution in [-0.2, 0) is 22.6 Å². The lowest BCUT2D eigenvalue weighted by Gasteiger charge is -2.16. The first-order valence-corrected chi connectivity index (χ1v) is 11.0. The van der Waals surface area contributed by atoms with Gasteiger partial charge in [-0.3, -0.25) is 19.0 Å². The van der Waals surface area contributed by atoms with Gasteiger partial charge in [-0.25, -0.2) is 4.98 Å². The Balaban J connectivity index is 1.76. The second-order valence-corrected chi connectivity index (χ2v) is 8.35. The van der Waals surface area contributed by atoms with Crippen molar-refractivity contribution in [1.82, 2.24) is 14.9 Å². The van der Waals surface area contributed by atoms with Crippen LogP contribution in [0, 0.1) is 0 Å². The molecule has 1 heterocycles. The Morgan fingerprint density at radius 1 is 1.26 bits per heavy atom. The Morgan fingerprint density at radius 2 is 2.00 bits per heavy atom. The maximum Gasteiger partial charge on any atom is 0.262 e. The molecule has 2 aromatic carbocycles. The molecule has 0 aliphatic heterocycles. The quantitative estimate of drug-likeness (QED) is 0.302. The van der Waals surface area contributed by atoms with E-state index in [0.29, 0.717) is 27.5 Å². The molecule has 1 unspecified atom stereocenters. The van der Waals surface area contributed by atoms with Crippen molar-refractivity contribution in [2.24, 2.45) is 0 Å². The number of hydrogen-bond donors (Lipinski definition) is 1. The van der Waals surface area contributed by atoms with E-state index in [1.54, 1.807) is 24.3 Å². The standard InChI is InChI=1S/C23H22ClN3O3S/c1-3-11-27-22(30)18-10-9-17(24)13-20(18)26-23(27)31-14-21(29)25-19(15(2)28)12-16-7-5-4-6-8-16/h3-10,13,19H,1,11-12,14H2,2H3,(H,25,29). The summed E-state index contributed by atoms with van der Waals surface area (Å²) in [6.45, 7) is 5.41. The van der Waals surface area contributed by atoms with Crippen LogP contribution >= 0.6 is 23.4 Å². The molecule has 31 heavy (non-hydrogen) atoms. The second-order valence-electron chi connectivity index (χ2n) is 6.97. The summed E-state index contributed by atoms with van der Waals surface area (Å²) in [7, 11) is 0. The maximum atomic E-state index is 12.8. The molecular formula is C23H22ClN3O3S. The minimum absolute atomic E-state index is 0.00816. The van der Waals surface area contributed by atoms with Crippen molar-refractivity contribution in [2.75, 3.05) is 5.75 Å². The molecule has 1 N–H and O–H groups in total. The van der Waals surface area contributed by atoms with Crippen LogP contribution in [0.4, 0.5) is 0 Å². The number of Topliss-reactive ketones (excluding diaryl/α,β-unsaturated/α-hetero) is 1. The number of benzene rings is 2. The highest BCUT2D eigenvalue weighted by molar-refractivity contribution is 7.99. The van der Waals surface area contributed by atoms with Gasteiger partial charge < -0.3 is 5.32 Å². The number of carbonyl (C=O) groups excluding carboxylic acids is 2. The van der Waals surface area contributed by atoms with Gasteiger partial charge in [0.25, 0.3) is 5.56 Å². The molecule has 0 spiro atoms. The first-order valence-electron chi connectivity index (χ1n) is 9.66. The molecule has 6 nitrogen and oxygen atoms in total. The highest BCUT2D eigenvalue weighted by Crippen LogP contribution is 2.20. The molecule has 3 aromatic rings. The lowest BCUT2D eigenvalue weighted by Crippen LogP contribution is -2.42.